The lowest BCUT2D eigenvalue weighted by molar-refractivity contribution is 0.595. The number of hydrogen-bond donors (Lipinski definition) is 1. The topological polar surface area (TPSA) is 43.1 Å². The maximum absolute atomic E-state index is 13.0. The fourth-order valence-corrected chi connectivity index (χ4v) is 2.12. The van der Waals surface area contributed by atoms with Crippen LogP contribution in [-0.4, -0.2) is 16.5 Å². The molecule has 1 rings (SSSR count). The Kier molecular flexibility index (Phi) is 4.05. The molecule has 1 aromatic carbocycles. The van der Waals surface area contributed by atoms with Gasteiger partial charge in [0, 0.05) is 5.75 Å². The molecule has 0 aliphatic rings. The van der Waals surface area contributed by atoms with Gasteiger partial charge in [0.1, 0.15) is 5.82 Å². The molecule has 2 nitrogen and oxygen atoms in total. The molecule has 0 bridgehead atoms. The third kappa shape index (κ3) is 2.90. The summed E-state index contributed by atoms with van der Waals surface area (Å²) in [7, 11) is -1.25. The fourth-order valence-electron chi connectivity index (χ4n) is 0.954. The molecule has 72 valence electrons. The van der Waals surface area contributed by atoms with Gasteiger partial charge in [0.25, 0.3) is 0 Å². The zero-order valence-corrected chi connectivity index (χ0v) is 8.02. The first-order valence-corrected chi connectivity index (χ1v) is 5.40. The van der Waals surface area contributed by atoms with Crippen LogP contribution in [-0.2, 0) is 10.8 Å². The lowest BCUT2D eigenvalue weighted by Gasteiger charge is -2.01. The van der Waals surface area contributed by atoms with Gasteiger partial charge < -0.3 is 5.73 Å². The van der Waals surface area contributed by atoms with E-state index >= 15 is 0 Å². The average Bonchev–Trinajstić information content (AvgIpc) is 2.15. The monoisotopic (exact) mass is 201 g/mol. The summed E-state index contributed by atoms with van der Waals surface area (Å²) >= 11 is 0. The highest BCUT2D eigenvalue weighted by molar-refractivity contribution is 7.85. The Hall–Kier alpha value is -0.740. The number of hydrogen-bond acceptors (Lipinski definition) is 2. The van der Waals surface area contributed by atoms with Crippen molar-refractivity contribution >= 4 is 10.8 Å². The Bertz CT molecular complexity index is 303. The van der Waals surface area contributed by atoms with Crippen LogP contribution in [0, 0.1) is 5.82 Å². The molecule has 0 amide bonds. The minimum absolute atomic E-state index is 0.274. The standard InChI is InChI=1S/C9H12FNOS/c10-8-4-1-2-5-9(8)13(12)7-3-6-11/h1-2,4-5H,3,6-7,11H2. The largest absolute Gasteiger partial charge is 0.330 e. The van der Waals surface area contributed by atoms with Gasteiger partial charge in [0.15, 0.2) is 0 Å². The number of halogens is 1. The molecule has 0 aliphatic heterocycles. The van der Waals surface area contributed by atoms with E-state index in [1.807, 2.05) is 0 Å². The summed E-state index contributed by atoms with van der Waals surface area (Å²) in [5.41, 5.74) is 5.26. The minimum atomic E-state index is -1.25. The highest BCUT2D eigenvalue weighted by atomic mass is 32.2. The molecule has 0 radical (unpaired) electrons. The van der Waals surface area contributed by atoms with Crippen LogP contribution >= 0.6 is 0 Å². The molecule has 1 aromatic rings. The minimum Gasteiger partial charge on any atom is -0.330 e. The van der Waals surface area contributed by atoms with Crippen molar-refractivity contribution in [2.75, 3.05) is 12.3 Å². The first-order valence-electron chi connectivity index (χ1n) is 4.08. The van der Waals surface area contributed by atoms with Crippen molar-refractivity contribution in [3.05, 3.63) is 30.1 Å². The third-order valence-electron chi connectivity index (χ3n) is 1.62. The summed E-state index contributed by atoms with van der Waals surface area (Å²) < 4.78 is 24.5. The molecule has 1 atom stereocenters. The lowest BCUT2D eigenvalue weighted by Crippen LogP contribution is -2.07. The maximum atomic E-state index is 13.0. The second-order valence-electron chi connectivity index (χ2n) is 2.62. The van der Waals surface area contributed by atoms with Crippen LogP contribution in [0.15, 0.2) is 29.2 Å². The van der Waals surface area contributed by atoms with E-state index in [1.54, 1.807) is 18.2 Å². The molecule has 1 unspecified atom stereocenters. The Morgan fingerprint density at radius 1 is 1.38 bits per heavy atom. The van der Waals surface area contributed by atoms with Crippen LogP contribution in [0.3, 0.4) is 0 Å². The molecular formula is C9H12FNOS. The molecule has 0 fully saturated rings. The van der Waals surface area contributed by atoms with Crippen molar-refractivity contribution in [1.29, 1.82) is 0 Å². The first-order chi connectivity index (χ1) is 6.25. The Balaban J connectivity index is 2.71. The van der Waals surface area contributed by atoms with Crippen molar-refractivity contribution in [3.63, 3.8) is 0 Å². The summed E-state index contributed by atoms with van der Waals surface area (Å²) in [5.74, 6) is 0.0232. The van der Waals surface area contributed by atoms with Gasteiger partial charge in [0.2, 0.25) is 0 Å². The molecule has 0 aromatic heterocycles. The molecular weight excluding hydrogens is 189 g/mol. The maximum Gasteiger partial charge on any atom is 0.139 e. The van der Waals surface area contributed by atoms with Crippen molar-refractivity contribution in [2.24, 2.45) is 5.73 Å². The van der Waals surface area contributed by atoms with Crippen LogP contribution in [0.25, 0.3) is 0 Å². The number of benzene rings is 1. The molecule has 0 saturated carbocycles. The van der Waals surface area contributed by atoms with Crippen molar-refractivity contribution in [2.45, 2.75) is 11.3 Å². The third-order valence-corrected chi connectivity index (χ3v) is 3.10. The van der Waals surface area contributed by atoms with Crippen molar-refractivity contribution < 1.29 is 8.60 Å². The fraction of sp³-hybridized carbons (Fsp3) is 0.333. The van der Waals surface area contributed by atoms with E-state index in [2.05, 4.69) is 0 Å². The van der Waals surface area contributed by atoms with Crippen LogP contribution in [0.1, 0.15) is 6.42 Å². The molecule has 0 aliphatic carbocycles. The SMILES string of the molecule is NCCCS(=O)c1ccccc1F. The highest BCUT2D eigenvalue weighted by Gasteiger charge is 2.07. The normalized spacial score (nSPS) is 12.8. The average molecular weight is 201 g/mol. The molecule has 4 heteroatoms. The number of rotatable bonds is 4. The molecule has 0 spiro atoms. The van der Waals surface area contributed by atoms with E-state index < -0.39 is 16.6 Å². The Morgan fingerprint density at radius 2 is 2.08 bits per heavy atom. The molecule has 2 N–H and O–H groups in total. The Labute approximate surface area is 79.4 Å². The van der Waals surface area contributed by atoms with Crippen LogP contribution in [0.5, 0.6) is 0 Å². The predicted octanol–water partition coefficient (Wildman–Crippen LogP) is 1.28. The van der Waals surface area contributed by atoms with E-state index in [0.29, 0.717) is 18.7 Å². The van der Waals surface area contributed by atoms with Gasteiger partial charge in [-0.3, -0.25) is 4.21 Å². The van der Waals surface area contributed by atoms with Gasteiger partial charge in [-0.1, -0.05) is 12.1 Å². The first kappa shape index (κ1) is 10.3. The van der Waals surface area contributed by atoms with Crippen LogP contribution in [0.4, 0.5) is 4.39 Å². The second-order valence-corrected chi connectivity index (χ2v) is 4.16. The van der Waals surface area contributed by atoms with Gasteiger partial charge in [-0.05, 0) is 25.1 Å². The van der Waals surface area contributed by atoms with E-state index in [-0.39, 0.29) is 4.90 Å². The highest BCUT2D eigenvalue weighted by Crippen LogP contribution is 2.11. The Morgan fingerprint density at radius 3 is 2.69 bits per heavy atom. The van der Waals surface area contributed by atoms with E-state index in [1.165, 1.54) is 6.07 Å². The van der Waals surface area contributed by atoms with E-state index in [0.717, 1.165) is 0 Å². The molecule has 13 heavy (non-hydrogen) atoms. The second kappa shape index (κ2) is 5.09. The predicted molar refractivity (Wildman–Crippen MR) is 51.3 cm³/mol. The zero-order chi connectivity index (χ0) is 9.68. The molecule has 0 saturated heterocycles. The van der Waals surface area contributed by atoms with E-state index in [4.69, 9.17) is 5.73 Å². The van der Waals surface area contributed by atoms with Gasteiger partial charge in [-0.25, -0.2) is 4.39 Å². The summed E-state index contributed by atoms with van der Waals surface area (Å²) in [6.07, 6.45) is 0.654. The summed E-state index contributed by atoms with van der Waals surface area (Å²) in [4.78, 5) is 0.274. The van der Waals surface area contributed by atoms with Gasteiger partial charge >= 0.3 is 0 Å². The van der Waals surface area contributed by atoms with Crippen LogP contribution < -0.4 is 5.73 Å². The van der Waals surface area contributed by atoms with Gasteiger partial charge in [-0.15, -0.1) is 0 Å². The summed E-state index contributed by atoms with van der Waals surface area (Å²) in [5, 5.41) is 0. The zero-order valence-electron chi connectivity index (χ0n) is 7.20. The molecule has 0 heterocycles. The van der Waals surface area contributed by atoms with Crippen LogP contribution in [0.2, 0.25) is 0 Å². The van der Waals surface area contributed by atoms with E-state index in [9.17, 15) is 8.60 Å². The lowest BCUT2D eigenvalue weighted by atomic mass is 10.3. The smallest absolute Gasteiger partial charge is 0.139 e. The quantitative estimate of drug-likeness (QED) is 0.797. The summed E-state index contributed by atoms with van der Waals surface area (Å²) in [6, 6.07) is 6.12. The van der Waals surface area contributed by atoms with Crippen molar-refractivity contribution in [1.82, 2.24) is 0 Å². The number of nitrogens with two attached hydrogens (primary N) is 1. The van der Waals surface area contributed by atoms with Gasteiger partial charge in [0.05, 0.1) is 15.7 Å². The van der Waals surface area contributed by atoms with Crippen molar-refractivity contribution in [3.8, 4) is 0 Å². The summed E-state index contributed by atoms with van der Waals surface area (Å²) in [6.45, 7) is 0.486. The van der Waals surface area contributed by atoms with Gasteiger partial charge in [-0.2, -0.15) is 0 Å².